The zero-order chi connectivity index (χ0) is 10.9. The predicted molar refractivity (Wildman–Crippen MR) is 56.2 cm³/mol. The molecule has 1 aromatic rings. The standard InChI is InChI=1S/C10H11BrO3/c1-5-3-7(11)4-6(2)8(5)9(12)10(13)14/h3-4,9,12H,1-2H3,(H,13,14). The first-order valence-electron chi connectivity index (χ1n) is 4.11. The summed E-state index contributed by atoms with van der Waals surface area (Å²) in [5.74, 6) is -1.22. The largest absolute Gasteiger partial charge is 0.479 e. The molecule has 2 N–H and O–H groups in total. The number of halogens is 1. The first-order valence-corrected chi connectivity index (χ1v) is 4.90. The van der Waals surface area contributed by atoms with Gasteiger partial charge in [0.15, 0.2) is 6.10 Å². The van der Waals surface area contributed by atoms with E-state index in [1.165, 1.54) is 0 Å². The van der Waals surface area contributed by atoms with E-state index in [9.17, 15) is 9.90 Å². The number of rotatable bonds is 2. The summed E-state index contributed by atoms with van der Waals surface area (Å²) in [5.41, 5.74) is 2.01. The van der Waals surface area contributed by atoms with Crippen LogP contribution in [0, 0.1) is 13.8 Å². The van der Waals surface area contributed by atoms with Crippen molar-refractivity contribution >= 4 is 21.9 Å². The van der Waals surface area contributed by atoms with Gasteiger partial charge in [-0.15, -0.1) is 0 Å². The van der Waals surface area contributed by atoms with E-state index < -0.39 is 12.1 Å². The van der Waals surface area contributed by atoms with Gasteiger partial charge in [-0.1, -0.05) is 15.9 Å². The quantitative estimate of drug-likeness (QED) is 0.855. The Kier molecular flexibility index (Phi) is 3.29. The Hall–Kier alpha value is -0.870. The number of aryl methyl sites for hydroxylation is 2. The van der Waals surface area contributed by atoms with Crippen molar-refractivity contribution in [3.63, 3.8) is 0 Å². The maximum atomic E-state index is 10.6. The number of aliphatic hydroxyl groups is 1. The number of hydrogen-bond acceptors (Lipinski definition) is 2. The molecule has 0 aliphatic carbocycles. The van der Waals surface area contributed by atoms with Crippen molar-refractivity contribution in [2.75, 3.05) is 0 Å². The second-order valence-corrected chi connectivity index (χ2v) is 4.11. The third-order valence-corrected chi connectivity index (χ3v) is 2.52. The lowest BCUT2D eigenvalue weighted by Gasteiger charge is -2.13. The van der Waals surface area contributed by atoms with Crippen molar-refractivity contribution in [1.82, 2.24) is 0 Å². The Labute approximate surface area is 90.5 Å². The summed E-state index contributed by atoms with van der Waals surface area (Å²) in [4.78, 5) is 10.6. The van der Waals surface area contributed by atoms with Gasteiger partial charge in [0.2, 0.25) is 0 Å². The molecule has 1 rings (SSSR count). The highest BCUT2D eigenvalue weighted by molar-refractivity contribution is 9.10. The van der Waals surface area contributed by atoms with E-state index in [-0.39, 0.29) is 0 Å². The van der Waals surface area contributed by atoms with E-state index in [4.69, 9.17) is 5.11 Å². The molecule has 0 fully saturated rings. The van der Waals surface area contributed by atoms with E-state index in [0.717, 1.165) is 15.6 Å². The van der Waals surface area contributed by atoms with Crippen LogP contribution in [-0.2, 0) is 4.79 Å². The Morgan fingerprint density at radius 2 is 1.79 bits per heavy atom. The average molecular weight is 259 g/mol. The Balaban J connectivity index is 3.27. The van der Waals surface area contributed by atoms with Crippen LogP contribution in [0.2, 0.25) is 0 Å². The number of hydrogen-bond donors (Lipinski definition) is 2. The van der Waals surface area contributed by atoms with Gasteiger partial charge in [0.1, 0.15) is 0 Å². The molecule has 76 valence electrons. The van der Waals surface area contributed by atoms with Gasteiger partial charge in [0.05, 0.1) is 0 Å². The lowest BCUT2D eigenvalue weighted by atomic mass is 9.98. The smallest absolute Gasteiger partial charge is 0.337 e. The van der Waals surface area contributed by atoms with Crippen LogP contribution in [-0.4, -0.2) is 16.2 Å². The van der Waals surface area contributed by atoms with Gasteiger partial charge in [-0.25, -0.2) is 4.79 Å². The number of aliphatic hydroxyl groups excluding tert-OH is 1. The van der Waals surface area contributed by atoms with Crippen molar-refractivity contribution in [2.45, 2.75) is 20.0 Å². The summed E-state index contributed by atoms with van der Waals surface area (Å²) in [6.45, 7) is 3.55. The van der Waals surface area contributed by atoms with Crippen molar-refractivity contribution in [3.05, 3.63) is 33.3 Å². The molecule has 0 aliphatic heterocycles. The van der Waals surface area contributed by atoms with E-state index in [1.807, 2.05) is 0 Å². The van der Waals surface area contributed by atoms with Crippen LogP contribution >= 0.6 is 15.9 Å². The molecule has 0 amide bonds. The molecule has 0 aliphatic rings. The Bertz CT molecular complexity index is 351. The zero-order valence-corrected chi connectivity index (χ0v) is 9.50. The fourth-order valence-electron chi connectivity index (χ4n) is 1.48. The first-order chi connectivity index (χ1) is 6.43. The minimum atomic E-state index is -1.44. The molecular weight excluding hydrogens is 248 g/mol. The lowest BCUT2D eigenvalue weighted by Crippen LogP contribution is -2.13. The highest BCUT2D eigenvalue weighted by Gasteiger charge is 2.20. The highest BCUT2D eigenvalue weighted by Crippen LogP contribution is 2.25. The van der Waals surface area contributed by atoms with Crippen LogP contribution < -0.4 is 0 Å². The summed E-state index contributed by atoms with van der Waals surface area (Å²) in [5, 5.41) is 18.1. The first kappa shape index (κ1) is 11.2. The molecule has 1 unspecified atom stereocenters. The summed E-state index contributed by atoms with van der Waals surface area (Å²) in [6, 6.07) is 3.57. The molecule has 0 radical (unpaired) electrons. The molecule has 0 bridgehead atoms. The van der Waals surface area contributed by atoms with E-state index >= 15 is 0 Å². The van der Waals surface area contributed by atoms with E-state index in [2.05, 4.69) is 15.9 Å². The van der Waals surface area contributed by atoms with Gasteiger partial charge in [-0.05, 0) is 42.7 Å². The molecular formula is C10H11BrO3. The molecule has 0 aromatic heterocycles. The lowest BCUT2D eigenvalue weighted by molar-refractivity contribution is -0.147. The van der Waals surface area contributed by atoms with Gasteiger partial charge in [0.25, 0.3) is 0 Å². The second-order valence-electron chi connectivity index (χ2n) is 3.19. The average Bonchev–Trinajstić information content (AvgIpc) is 2.01. The summed E-state index contributed by atoms with van der Waals surface area (Å²) in [6.07, 6.45) is -1.44. The van der Waals surface area contributed by atoms with Crippen molar-refractivity contribution < 1.29 is 15.0 Å². The van der Waals surface area contributed by atoms with Gasteiger partial charge in [-0.3, -0.25) is 0 Å². The van der Waals surface area contributed by atoms with Crippen LogP contribution in [0.15, 0.2) is 16.6 Å². The summed E-state index contributed by atoms with van der Waals surface area (Å²) >= 11 is 3.30. The predicted octanol–water partition coefficient (Wildman–Crippen LogP) is 2.18. The van der Waals surface area contributed by atoms with Crippen LogP contribution in [0.5, 0.6) is 0 Å². The summed E-state index contributed by atoms with van der Waals surface area (Å²) in [7, 11) is 0. The molecule has 4 heteroatoms. The molecule has 0 spiro atoms. The number of carboxylic acid groups (broad SMARTS) is 1. The zero-order valence-electron chi connectivity index (χ0n) is 7.91. The topological polar surface area (TPSA) is 57.5 Å². The highest BCUT2D eigenvalue weighted by atomic mass is 79.9. The molecule has 0 saturated carbocycles. The number of aliphatic carboxylic acids is 1. The van der Waals surface area contributed by atoms with Crippen molar-refractivity contribution in [3.8, 4) is 0 Å². The molecule has 14 heavy (non-hydrogen) atoms. The third kappa shape index (κ3) is 2.13. The van der Waals surface area contributed by atoms with Crippen molar-refractivity contribution in [2.24, 2.45) is 0 Å². The number of benzene rings is 1. The Morgan fingerprint density at radius 3 is 2.14 bits per heavy atom. The molecule has 0 saturated heterocycles. The maximum Gasteiger partial charge on any atom is 0.337 e. The number of carboxylic acids is 1. The third-order valence-electron chi connectivity index (χ3n) is 2.07. The van der Waals surface area contributed by atoms with Crippen LogP contribution in [0.3, 0.4) is 0 Å². The molecule has 1 atom stereocenters. The van der Waals surface area contributed by atoms with Gasteiger partial charge >= 0.3 is 5.97 Å². The molecule has 3 nitrogen and oxygen atoms in total. The summed E-state index contributed by atoms with van der Waals surface area (Å²) < 4.78 is 0.883. The second kappa shape index (κ2) is 4.11. The monoisotopic (exact) mass is 258 g/mol. The maximum absolute atomic E-state index is 10.6. The minimum absolute atomic E-state index is 0.473. The van der Waals surface area contributed by atoms with E-state index in [0.29, 0.717) is 5.56 Å². The molecule has 1 aromatic carbocycles. The van der Waals surface area contributed by atoms with Crippen LogP contribution in [0.1, 0.15) is 22.8 Å². The molecule has 0 heterocycles. The SMILES string of the molecule is Cc1cc(Br)cc(C)c1C(O)C(=O)O. The fourth-order valence-corrected chi connectivity index (χ4v) is 2.16. The minimum Gasteiger partial charge on any atom is -0.479 e. The van der Waals surface area contributed by atoms with Gasteiger partial charge < -0.3 is 10.2 Å². The van der Waals surface area contributed by atoms with Crippen LogP contribution in [0.25, 0.3) is 0 Å². The van der Waals surface area contributed by atoms with E-state index in [1.54, 1.807) is 26.0 Å². The Morgan fingerprint density at radius 1 is 1.36 bits per heavy atom. The van der Waals surface area contributed by atoms with Crippen LogP contribution in [0.4, 0.5) is 0 Å². The number of carbonyl (C=O) groups is 1. The fraction of sp³-hybridized carbons (Fsp3) is 0.300. The van der Waals surface area contributed by atoms with Gasteiger partial charge in [0, 0.05) is 4.47 Å². The normalized spacial score (nSPS) is 12.6. The van der Waals surface area contributed by atoms with Crippen molar-refractivity contribution in [1.29, 1.82) is 0 Å². The van der Waals surface area contributed by atoms with Gasteiger partial charge in [-0.2, -0.15) is 0 Å².